The Morgan fingerprint density at radius 1 is 0.871 bits per heavy atom. The van der Waals surface area contributed by atoms with Crippen LogP contribution in [0.2, 0.25) is 0 Å². The molecule has 1 aliphatic carbocycles. The smallest absolute Gasteiger partial charge is 0.343 e. The van der Waals surface area contributed by atoms with Gasteiger partial charge in [-0.05, 0) is 68.1 Å². The van der Waals surface area contributed by atoms with E-state index in [9.17, 15) is 9.18 Å². The van der Waals surface area contributed by atoms with Crippen LogP contribution in [0.15, 0.2) is 78.9 Å². The van der Waals surface area contributed by atoms with E-state index < -0.39 is 17.4 Å². The highest BCUT2D eigenvalue weighted by molar-refractivity contribution is 5.91. The Balaban J connectivity index is 1.59. The van der Waals surface area contributed by atoms with Crippen LogP contribution >= 0.6 is 0 Å². The van der Waals surface area contributed by atoms with Crippen molar-refractivity contribution in [3.63, 3.8) is 0 Å². The van der Waals surface area contributed by atoms with Crippen molar-refractivity contribution in [3.8, 4) is 23.3 Å². The Morgan fingerprint density at radius 2 is 1.55 bits per heavy atom. The summed E-state index contributed by atoms with van der Waals surface area (Å²) in [6.45, 7) is 0. The molecule has 3 nitrogen and oxygen atoms in total. The predicted octanol–water partition coefficient (Wildman–Crippen LogP) is 6.18. The lowest BCUT2D eigenvalue weighted by atomic mass is 9.84. The first kappa shape index (κ1) is 20.7. The highest BCUT2D eigenvalue weighted by atomic mass is 19.1. The fourth-order valence-electron chi connectivity index (χ4n) is 3.66. The first-order valence-electron chi connectivity index (χ1n) is 10.5. The summed E-state index contributed by atoms with van der Waals surface area (Å²) in [6, 6.07) is 22.5. The van der Waals surface area contributed by atoms with Gasteiger partial charge in [0.05, 0.1) is 5.56 Å². The van der Waals surface area contributed by atoms with Gasteiger partial charge in [0, 0.05) is 5.56 Å². The molecule has 0 bridgehead atoms. The second kappa shape index (κ2) is 9.49. The van der Waals surface area contributed by atoms with Crippen LogP contribution in [-0.4, -0.2) is 11.6 Å². The van der Waals surface area contributed by atoms with Gasteiger partial charge >= 0.3 is 5.97 Å². The fraction of sp³-hybridized carbons (Fsp3) is 0.222. The number of halogens is 1. The van der Waals surface area contributed by atoms with E-state index in [2.05, 4.69) is 11.8 Å². The largest absolute Gasteiger partial charge is 0.471 e. The average Bonchev–Trinajstić information content (AvgIpc) is 2.81. The predicted molar refractivity (Wildman–Crippen MR) is 118 cm³/mol. The lowest BCUT2D eigenvalue weighted by Gasteiger charge is -2.33. The van der Waals surface area contributed by atoms with E-state index in [1.165, 1.54) is 18.2 Å². The van der Waals surface area contributed by atoms with Crippen LogP contribution in [0.1, 0.15) is 48.0 Å². The number of benzene rings is 3. The maximum absolute atomic E-state index is 14.6. The summed E-state index contributed by atoms with van der Waals surface area (Å²) in [7, 11) is 0. The molecule has 0 spiro atoms. The van der Waals surface area contributed by atoms with Gasteiger partial charge in [-0.15, -0.1) is 0 Å². The molecule has 4 rings (SSSR count). The van der Waals surface area contributed by atoms with Crippen molar-refractivity contribution < 1.29 is 18.7 Å². The molecule has 31 heavy (non-hydrogen) atoms. The van der Waals surface area contributed by atoms with E-state index in [0.29, 0.717) is 18.6 Å². The molecule has 4 heteroatoms. The van der Waals surface area contributed by atoms with Gasteiger partial charge in [0.15, 0.2) is 17.2 Å². The molecular weight excluding hydrogens is 391 g/mol. The number of hydrogen-bond donors (Lipinski definition) is 0. The molecule has 3 aromatic carbocycles. The molecule has 1 fully saturated rings. The highest BCUT2D eigenvalue weighted by Crippen LogP contribution is 2.34. The Hall–Kier alpha value is -3.58. The zero-order valence-corrected chi connectivity index (χ0v) is 17.1. The summed E-state index contributed by atoms with van der Waals surface area (Å²) < 4.78 is 26.2. The van der Waals surface area contributed by atoms with Crippen molar-refractivity contribution in [2.24, 2.45) is 0 Å². The van der Waals surface area contributed by atoms with Crippen LogP contribution in [0.3, 0.4) is 0 Å². The van der Waals surface area contributed by atoms with Gasteiger partial charge < -0.3 is 9.47 Å². The molecule has 0 N–H and O–H groups in total. The SMILES string of the molecule is O=C(Oc1ccccc1)c1ccc(F)c(OC2(C#Cc3ccccc3)CCCCC2)c1. The summed E-state index contributed by atoms with van der Waals surface area (Å²) in [6.07, 6.45) is 4.45. The third-order valence-electron chi connectivity index (χ3n) is 5.30. The number of para-hydroxylation sites is 1. The summed E-state index contributed by atoms with van der Waals surface area (Å²) in [4.78, 5) is 12.5. The van der Waals surface area contributed by atoms with Gasteiger partial charge in [-0.1, -0.05) is 54.7 Å². The van der Waals surface area contributed by atoms with Crippen molar-refractivity contribution in [1.29, 1.82) is 0 Å². The van der Waals surface area contributed by atoms with Crippen molar-refractivity contribution in [2.75, 3.05) is 0 Å². The van der Waals surface area contributed by atoms with Gasteiger partial charge in [-0.25, -0.2) is 9.18 Å². The molecule has 1 saturated carbocycles. The Morgan fingerprint density at radius 3 is 2.26 bits per heavy atom. The molecule has 0 aromatic heterocycles. The maximum atomic E-state index is 14.6. The van der Waals surface area contributed by atoms with E-state index in [0.717, 1.165) is 24.8 Å². The van der Waals surface area contributed by atoms with E-state index in [1.54, 1.807) is 24.3 Å². The van der Waals surface area contributed by atoms with Gasteiger partial charge in [-0.2, -0.15) is 0 Å². The third kappa shape index (κ3) is 5.32. The molecular formula is C27H23FO3. The zero-order valence-electron chi connectivity index (χ0n) is 17.1. The van der Waals surface area contributed by atoms with E-state index in [1.807, 2.05) is 36.4 Å². The minimum Gasteiger partial charge on any atom is -0.471 e. The molecule has 3 aromatic rings. The van der Waals surface area contributed by atoms with Crippen LogP contribution in [0.4, 0.5) is 4.39 Å². The Labute approximate surface area is 181 Å². The number of esters is 1. The molecule has 0 aliphatic heterocycles. The number of hydrogen-bond acceptors (Lipinski definition) is 3. The molecule has 0 amide bonds. The van der Waals surface area contributed by atoms with Crippen LogP contribution in [0, 0.1) is 17.7 Å². The number of carbonyl (C=O) groups excluding carboxylic acids is 1. The molecule has 0 unspecified atom stereocenters. The molecule has 1 aliphatic rings. The van der Waals surface area contributed by atoms with Crippen molar-refractivity contribution >= 4 is 5.97 Å². The second-order valence-corrected chi connectivity index (χ2v) is 7.62. The lowest BCUT2D eigenvalue weighted by Crippen LogP contribution is -2.37. The molecule has 156 valence electrons. The van der Waals surface area contributed by atoms with Crippen molar-refractivity contribution in [3.05, 3.63) is 95.8 Å². The van der Waals surface area contributed by atoms with Crippen LogP contribution in [0.25, 0.3) is 0 Å². The van der Waals surface area contributed by atoms with Gasteiger partial charge in [-0.3, -0.25) is 0 Å². The fourth-order valence-corrected chi connectivity index (χ4v) is 3.66. The van der Waals surface area contributed by atoms with Gasteiger partial charge in [0.1, 0.15) is 5.75 Å². The lowest BCUT2D eigenvalue weighted by molar-refractivity contribution is 0.0723. The topological polar surface area (TPSA) is 35.5 Å². The molecule has 0 saturated heterocycles. The third-order valence-corrected chi connectivity index (χ3v) is 5.30. The summed E-state index contributed by atoms with van der Waals surface area (Å²) in [5, 5.41) is 0. The Bertz CT molecular complexity index is 1090. The molecule has 0 heterocycles. The number of rotatable bonds is 4. The van der Waals surface area contributed by atoms with Crippen LogP contribution in [-0.2, 0) is 0 Å². The van der Waals surface area contributed by atoms with E-state index in [4.69, 9.17) is 9.47 Å². The molecule has 0 atom stereocenters. The zero-order chi connectivity index (χ0) is 21.5. The first-order valence-corrected chi connectivity index (χ1v) is 10.5. The monoisotopic (exact) mass is 414 g/mol. The number of ether oxygens (including phenoxy) is 2. The van der Waals surface area contributed by atoms with Gasteiger partial charge in [0.2, 0.25) is 0 Å². The molecule has 0 radical (unpaired) electrons. The minimum absolute atomic E-state index is 0.0202. The van der Waals surface area contributed by atoms with Crippen LogP contribution < -0.4 is 9.47 Å². The van der Waals surface area contributed by atoms with Gasteiger partial charge in [0.25, 0.3) is 0 Å². The average molecular weight is 414 g/mol. The normalized spacial score (nSPS) is 14.7. The van der Waals surface area contributed by atoms with Crippen molar-refractivity contribution in [2.45, 2.75) is 37.7 Å². The summed E-state index contributed by atoms with van der Waals surface area (Å²) in [5.41, 5.74) is 0.329. The Kier molecular flexibility index (Phi) is 6.33. The highest BCUT2D eigenvalue weighted by Gasteiger charge is 2.33. The summed E-state index contributed by atoms with van der Waals surface area (Å²) in [5.74, 6) is 5.79. The summed E-state index contributed by atoms with van der Waals surface area (Å²) >= 11 is 0. The minimum atomic E-state index is -0.781. The van der Waals surface area contributed by atoms with E-state index in [-0.39, 0.29) is 11.3 Å². The van der Waals surface area contributed by atoms with Crippen molar-refractivity contribution in [1.82, 2.24) is 0 Å². The van der Waals surface area contributed by atoms with E-state index >= 15 is 0 Å². The standard InChI is InChI=1S/C27H23FO3/c28-24-15-14-22(26(29)30-23-12-6-2-7-13-23)20-25(24)31-27(17-8-3-9-18-27)19-16-21-10-4-1-5-11-21/h1-2,4-7,10-15,20H,3,8-9,17-18H2. The number of carbonyl (C=O) groups is 1. The maximum Gasteiger partial charge on any atom is 0.343 e. The quantitative estimate of drug-likeness (QED) is 0.291. The second-order valence-electron chi connectivity index (χ2n) is 7.62. The van der Waals surface area contributed by atoms with Crippen LogP contribution in [0.5, 0.6) is 11.5 Å². The first-order chi connectivity index (χ1) is 15.1.